The number of methoxy groups -OCH3 is 1. The molecule has 0 radical (unpaired) electrons. The van der Waals surface area contributed by atoms with Crippen LogP contribution in [-0.4, -0.2) is 60.7 Å². The third-order valence-electron chi connectivity index (χ3n) is 5.92. The first-order valence-corrected chi connectivity index (χ1v) is 11.2. The van der Waals surface area contributed by atoms with Gasteiger partial charge in [-0.15, -0.1) is 0 Å². The molecule has 5 rings (SSSR count). The molecule has 1 fully saturated rings. The van der Waals surface area contributed by atoms with E-state index in [0.717, 1.165) is 37.3 Å². The van der Waals surface area contributed by atoms with Gasteiger partial charge in [-0.3, -0.25) is 5.32 Å². The maximum atomic E-state index is 15.0. The predicted octanol–water partition coefficient (Wildman–Crippen LogP) is 4.03. The Balaban J connectivity index is 0.000000308. The molecule has 2 aromatic heterocycles. The summed E-state index contributed by atoms with van der Waals surface area (Å²) in [4.78, 5) is 19.1. The van der Waals surface area contributed by atoms with Crippen LogP contribution in [0.2, 0.25) is 0 Å². The van der Waals surface area contributed by atoms with Crippen LogP contribution in [0.4, 0.5) is 26.4 Å². The molecule has 0 spiro atoms. The fourth-order valence-corrected chi connectivity index (χ4v) is 4.06. The summed E-state index contributed by atoms with van der Waals surface area (Å²) >= 11 is 0. The zero-order chi connectivity index (χ0) is 24.9. The molecule has 2 aliphatic rings. The van der Waals surface area contributed by atoms with E-state index in [2.05, 4.69) is 20.6 Å². The van der Waals surface area contributed by atoms with Crippen molar-refractivity contribution < 1.29 is 28.5 Å². The van der Waals surface area contributed by atoms with E-state index in [0.29, 0.717) is 41.5 Å². The minimum absolute atomic E-state index is 0.0572. The summed E-state index contributed by atoms with van der Waals surface area (Å²) in [6.45, 7) is 4.71. The van der Waals surface area contributed by atoms with Crippen molar-refractivity contribution in [1.82, 2.24) is 9.97 Å². The summed E-state index contributed by atoms with van der Waals surface area (Å²) < 4.78 is 30.7. The number of carboxylic acid groups (broad SMARTS) is 1. The Kier molecular flexibility index (Phi) is 7.47. The van der Waals surface area contributed by atoms with E-state index in [1.807, 2.05) is 6.92 Å². The number of aromatic nitrogens is 2. The van der Waals surface area contributed by atoms with Gasteiger partial charge in [0.25, 0.3) is 0 Å². The lowest BCUT2D eigenvalue weighted by Gasteiger charge is -2.22. The summed E-state index contributed by atoms with van der Waals surface area (Å²) in [5.74, 6) is 0.0287. The van der Waals surface area contributed by atoms with E-state index < -0.39 is 11.9 Å². The zero-order valence-electron chi connectivity index (χ0n) is 19.6. The van der Waals surface area contributed by atoms with Crippen LogP contribution >= 0.6 is 0 Å². The van der Waals surface area contributed by atoms with Crippen LogP contribution in [0.5, 0.6) is 5.88 Å². The van der Waals surface area contributed by atoms with E-state index in [4.69, 9.17) is 25.1 Å². The molecule has 4 heterocycles. The van der Waals surface area contributed by atoms with Crippen molar-refractivity contribution in [2.24, 2.45) is 0 Å². The van der Waals surface area contributed by atoms with Gasteiger partial charge in [-0.1, -0.05) is 0 Å². The fourth-order valence-electron chi connectivity index (χ4n) is 4.06. The van der Waals surface area contributed by atoms with E-state index in [-0.39, 0.29) is 17.1 Å². The Labute approximate surface area is 201 Å². The van der Waals surface area contributed by atoms with Gasteiger partial charge >= 0.3 is 6.09 Å². The van der Waals surface area contributed by atoms with Crippen LogP contribution < -0.4 is 21.1 Å². The number of nitrogen functional groups attached to an aromatic ring is 1. The van der Waals surface area contributed by atoms with Crippen LogP contribution in [0.1, 0.15) is 18.4 Å². The van der Waals surface area contributed by atoms with Crippen LogP contribution in [-0.2, 0) is 9.47 Å². The number of amides is 1. The second-order valence-electron chi connectivity index (χ2n) is 8.20. The molecule has 2 aliphatic heterocycles. The van der Waals surface area contributed by atoms with Crippen molar-refractivity contribution in [3.8, 4) is 17.0 Å². The second-order valence-corrected chi connectivity index (χ2v) is 8.20. The molecule has 3 aromatic rings. The molecule has 0 aliphatic carbocycles. The number of nitrogens with two attached hydrogens (primary N) is 1. The number of pyridine rings is 2. The number of rotatable bonds is 3. The van der Waals surface area contributed by atoms with Crippen molar-refractivity contribution >= 4 is 34.1 Å². The Morgan fingerprint density at radius 1 is 1.29 bits per heavy atom. The number of fused-ring (bicyclic) bond motifs is 2. The molecule has 11 heteroatoms. The van der Waals surface area contributed by atoms with E-state index in [1.54, 1.807) is 19.4 Å². The molecule has 0 saturated carbocycles. The van der Waals surface area contributed by atoms with E-state index >= 15 is 0 Å². The van der Waals surface area contributed by atoms with Crippen LogP contribution in [0, 0.1) is 12.7 Å². The second kappa shape index (κ2) is 10.7. The summed E-state index contributed by atoms with van der Waals surface area (Å²) in [5.41, 5.74) is 8.28. The van der Waals surface area contributed by atoms with Crippen LogP contribution in [0.3, 0.4) is 0 Å². The molecule has 0 bridgehead atoms. The number of benzene rings is 1. The molecule has 1 aromatic carbocycles. The number of hydrogen-bond donors (Lipinski definition) is 4. The molecule has 1 atom stereocenters. The van der Waals surface area contributed by atoms with Crippen LogP contribution in [0.15, 0.2) is 24.5 Å². The lowest BCUT2D eigenvalue weighted by atomic mass is 9.97. The van der Waals surface area contributed by atoms with E-state index in [1.165, 1.54) is 12.3 Å². The highest BCUT2D eigenvalue weighted by Crippen LogP contribution is 2.39. The lowest BCUT2D eigenvalue weighted by molar-refractivity contribution is -0.0291. The average molecular weight is 486 g/mol. The summed E-state index contributed by atoms with van der Waals surface area (Å²) in [5, 5.41) is 15.2. The topological polar surface area (TPSA) is 141 Å². The first kappa shape index (κ1) is 24.4. The minimum atomic E-state index is -1.24. The molecule has 35 heavy (non-hydrogen) atoms. The molecule has 10 nitrogen and oxygen atoms in total. The lowest BCUT2D eigenvalue weighted by Crippen LogP contribution is -2.23. The zero-order valence-corrected chi connectivity index (χ0v) is 19.6. The standard InChI is InChI=1S/C18H16FN5O3.C6H12O2/c1-8-11(6-23-17-16(8)21-2-3-27-17)10-4-9-5-13(24-18(25)26)22-7-12(9)15(20)14(10)19;1-7-6-3-2-4-8-5-6/h4-7,21H,2-3,20H2,1H3,(H,22,24)(H,25,26);6H,2-5H2,1H3. The van der Waals surface area contributed by atoms with Gasteiger partial charge in [-0.05, 0) is 42.8 Å². The monoisotopic (exact) mass is 485 g/mol. The SMILES string of the molecule is COC1CCCOC1.Cc1c(-c2cc3cc(NC(=O)O)ncc3c(N)c2F)cnc2c1NCCO2. The number of ether oxygens (including phenoxy) is 3. The molecule has 5 N–H and O–H groups in total. The van der Waals surface area contributed by atoms with Gasteiger partial charge in [0.15, 0.2) is 5.82 Å². The van der Waals surface area contributed by atoms with E-state index in [9.17, 15) is 9.18 Å². The molecular weight excluding hydrogens is 457 g/mol. The summed E-state index contributed by atoms with van der Waals surface area (Å²) in [7, 11) is 1.74. The Morgan fingerprint density at radius 3 is 2.80 bits per heavy atom. The van der Waals surface area contributed by atoms with Gasteiger partial charge in [0.2, 0.25) is 5.88 Å². The Hall–Kier alpha value is -3.70. The maximum Gasteiger partial charge on any atom is 0.410 e. The number of nitrogens with zero attached hydrogens (tertiary/aromatic N) is 2. The molecule has 1 saturated heterocycles. The number of carbonyl (C=O) groups is 1. The number of nitrogens with one attached hydrogen (secondary N) is 2. The first-order valence-electron chi connectivity index (χ1n) is 11.2. The van der Waals surface area contributed by atoms with Crippen molar-refractivity contribution in [2.45, 2.75) is 25.9 Å². The number of anilines is 3. The van der Waals surface area contributed by atoms with Gasteiger partial charge in [0.05, 0.1) is 18.4 Å². The highest BCUT2D eigenvalue weighted by atomic mass is 19.1. The summed E-state index contributed by atoms with van der Waals surface area (Å²) in [6, 6.07) is 3.11. The Morgan fingerprint density at radius 2 is 2.11 bits per heavy atom. The molecule has 1 amide bonds. The third-order valence-corrected chi connectivity index (χ3v) is 5.92. The van der Waals surface area contributed by atoms with Crippen molar-refractivity contribution in [3.05, 3.63) is 35.9 Å². The average Bonchev–Trinajstić information content (AvgIpc) is 2.87. The normalized spacial score (nSPS) is 16.8. The van der Waals surface area contributed by atoms with Crippen molar-refractivity contribution in [3.63, 3.8) is 0 Å². The quantitative estimate of drug-likeness (QED) is 0.405. The fraction of sp³-hybridized carbons (Fsp3) is 0.375. The minimum Gasteiger partial charge on any atom is -0.474 e. The smallest absolute Gasteiger partial charge is 0.410 e. The highest BCUT2D eigenvalue weighted by molar-refractivity contribution is 5.99. The number of hydrogen-bond acceptors (Lipinski definition) is 8. The van der Waals surface area contributed by atoms with Gasteiger partial charge in [0.1, 0.15) is 18.1 Å². The van der Waals surface area contributed by atoms with Gasteiger partial charge < -0.3 is 30.4 Å². The van der Waals surface area contributed by atoms with Gasteiger partial charge in [-0.25, -0.2) is 19.2 Å². The largest absolute Gasteiger partial charge is 0.474 e. The Bertz CT molecular complexity index is 1230. The van der Waals surface area contributed by atoms with Crippen LogP contribution in [0.25, 0.3) is 21.9 Å². The third kappa shape index (κ3) is 5.36. The van der Waals surface area contributed by atoms with Crippen molar-refractivity contribution in [2.75, 3.05) is 49.8 Å². The highest BCUT2D eigenvalue weighted by Gasteiger charge is 2.21. The number of halogens is 1. The predicted molar refractivity (Wildman–Crippen MR) is 131 cm³/mol. The van der Waals surface area contributed by atoms with Gasteiger partial charge in [0, 0.05) is 49.2 Å². The van der Waals surface area contributed by atoms with Gasteiger partial charge in [-0.2, -0.15) is 0 Å². The van der Waals surface area contributed by atoms with Crippen molar-refractivity contribution in [1.29, 1.82) is 0 Å². The summed E-state index contributed by atoms with van der Waals surface area (Å²) in [6.07, 6.45) is 4.33. The molecule has 1 unspecified atom stereocenters. The maximum absolute atomic E-state index is 15.0. The molecule has 186 valence electrons. The first-order chi connectivity index (χ1) is 16.9. The molecular formula is C24H28FN5O5.